The summed E-state index contributed by atoms with van der Waals surface area (Å²) in [5.41, 5.74) is 0.337. The van der Waals surface area contributed by atoms with Crippen molar-refractivity contribution in [2.45, 2.75) is 39.2 Å². The maximum Gasteiger partial charge on any atom is 0.375 e. The topological polar surface area (TPSA) is 43.4 Å². The Kier molecular flexibility index (Phi) is 4.91. The van der Waals surface area contributed by atoms with Crippen molar-refractivity contribution in [3.05, 3.63) is 34.9 Å². The van der Waals surface area contributed by atoms with Crippen LogP contribution in [0.25, 0.3) is 0 Å². The van der Waals surface area contributed by atoms with Crippen LogP contribution < -0.4 is 0 Å². The van der Waals surface area contributed by atoms with E-state index < -0.39 is 17.4 Å². The molecule has 1 rings (SSSR count). The smallest absolute Gasteiger partial charge is 0.375 e. The van der Waals surface area contributed by atoms with Gasteiger partial charge < -0.3 is 4.74 Å². The molecule has 0 saturated carbocycles. The first kappa shape index (κ1) is 14.7. The van der Waals surface area contributed by atoms with Gasteiger partial charge in [-0.25, -0.2) is 4.79 Å². The largest absolute Gasteiger partial charge is 0.454 e. The molecule has 0 aliphatic heterocycles. The van der Waals surface area contributed by atoms with Crippen LogP contribution in [0, 0.1) is 0 Å². The zero-order chi connectivity index (χ0) is 13.8. The Bertz CT molecular complexity index is 429. The number of rotatable bonds is 4. The van der Waals surface area contributed by atoms with Crippen LogP contribution in [0.1, 0.15) is 32.8 Å². The van der Waals surface area contributed by atoms with Crippen LogP contribution >= 0.6 is 11.6 Å². The molecule has 0 aromatic heterocycles. The maximum atomic E-state index is 11.6. The van der Waals surface area contributed by atoms with Gasteiger partial charge in [0.15, 0.2) is 0 Å². The van der Waals surface area contributed by atoms with Gasteiger partial charge in [-0.2, -0.15) is 0 Å². The van der Waals surface area contributed by atoms with Crippen molar-refractivity contribution >= 4 is 23.4 Å². The lowest BCUT2D eigenvalue weighted by molar-refractivity contribution is -0.162. The molecule has 0 spiro atoms. The van der Waals surface area contributed by atoms with E-state index in [4.69, 9.17) is 16.3 Å². The van der Waals surface area contributed by atoms with Crippen molar-refractivity contribution in [1.29, 1.82) is 0 Å². The highest BCUT2D eigenvalue weighted by molar-refractivity contribution is 6.33. The number of hydrogen-bond donors (Lipinski definition) is 0. The number of ether oxygens (including phenoxy) is 1. The Balaban J connectivity index is 2.46. The fourth-order valence-corrected chi connectivity index (χ4v) is 1.47. The van der Waals surface area contributed by atoms with Crippen molar-refractivity contribution < 1.29 is 14.3 Å². The Morgan fingerprint density at radius 3 is 2.22 bits per heavy atom. The van der Waals surface area contributed by atoms with Crippen molar-refractivity contribution in [3.8, 4) is 0 Å². The molecule has 98 valence electrons. The van der Waals surface area contributed by atoms with Crippen LogP contribution in [0.15, 0.2) is 24.3 Å². The van der Waals surface area contributed by atoms with Gasteiger partial charge >= 0.3 is 5.97 Å². The number of Topliss-reactive ketones (excluding diaryl/α,β-unsaturated/α-hetero) is 1. The van der Waals surface area contributed by atoms with Crippen molar-refractivity contribution in [1.82, 2.24) is 0 Å². The normalized spacial score (nSPS) is 11.1. The second-order valence-electron chi connectivity index (χ2n) is 5.05. The average molecular weight is 269 g/mol. The van der Waals surface area contributed by atoms with Crippen LogP contribution in [-0.4, -0.2) is 17.4 Å². The Hall–Kier alpha value is -1.35. The highest BCUT2D eigenvalue weighted by atomic mass is 35.5. The number of aryl methyl sites for hydroxylation is 1. The van der Waals surface area contributed by atoms with E-state index in [1.165, 1.54) is 0 Å². The van der Waals surface area contributed by atoms with Gasteiger partial charge in [-0.3, -0.25) is 4.79 Å². The highest BCUT2D eigenvalue weighted by Crippen LogP contribution is 2.12. The van der Waals surface area contributed by atoms with Crippen LogP contribution in [0.2, 0.25) is 5.02 Å². The van der Waals surface area contributed by atoms with Crippen molar-refractivity contribution in [2.75, 3.05) is 0 Å². The van der Waals surface area contributed by atoms with Gasteiger partial charge in [0.1, 0.15) is 5.60 Å². The molecule has 0 unspecified atom stereocenters. The fourth-order valence-electron chi connectivity index (χ4n) is 1.35. The van der Waals surface area contributed by atoms with E-state index in [-0.39, 0.29) is 6.42 Å². The Labute approximate surface area is 112 Å². The van der Waals surface area contributed by atoms with E-state index >= 15 is 0 Å². The van der Waals surface area contributed by atoms with Gasteiger partial charge in [-0.1, -0.05) is 23.7 Å². The maximum absolute atomic E-state index is 11.6. The number of hydrogen-bond acceptors (Lipinski definition) is 3. The standard InChI is InChI=1S/C14H17ClO3/c1-14(2,3)18-13(17)12(16)9-6-10-4-7-11(15)8-5-10/h4-5,7-8H,6,9H2,1-3H3. The molecule has 18 heavy (non-hydrogen) atoms. The van der Waals surface area contributed by atoms with E-state index in [1.807, 2.05) is 12.1 Å². The van der Waals surface area contributed by atoms with Gasteiger partial charge in [-0.05, 0) is 44.9 Å². The summed E-state index contributed by atoms with van der Waals surface area (Å²) in [4.78, 5) is 23.0. The van der Waals surface area contributed by atoms with E-state index in [0.29, 0.717) is 11.4 Å². The van der Waals surface area contributed by atoms with Crippen LogP contribution in [0.5, 0.6) is 0 Å². The number of halogens is 1. The molecule has 0 N–H and O–H groups in total. The molecular weight excluding hydrogens is 252 g/mol. The van der Waals surface area contributed by atoms with E-state index in [2.05, 4.69) is 0 Å². The van der Waals surface area contributed by atoms with Crippen LogP contribution in [-0.2, 0) is 20.7 Å². The third-order valence-corrected chi connectivity index (χ3v) is 2.43. The number of esters is 1. The average Bonchev–Trinajstić information content (AvgIpc) is 2.25. The minimum Gasteiger partial charge on any atom is -0.454 e. The van der Waals surface area contributed by atoms with Gasteiger partial charge in [0.05, 0.1) is 0 Å². The molecule has 0 atom stereocenters. The lowest BCUT2D eigenvalue weighted by Gasteiger charge is -2.18. The Morgan fingerprint density at radius 2 is 1.72 bits per heavy atom. The highest BCUT2D eigenvalue weighted by Gasteiger charge is 2.22. The Morgan fingerprint density at radius 1 is 1.17 bits per heavy atom. The molecule has 3 nitrogen and oxygen atoms in total. The first-order valence-electron chi connectivity index (χ1n) is 5.78. The summed E-state index contributed by atoms with van der Waals surface area (Å²) >= 11 is 5.76. The number of carbonyl (C=O) groups excluding carboxylic acids is 2. The minimum absolute atomic E-state index is 0.149. The predicted octanol–water partition coefficient (Wildman–Crippen LogP) is 3.18. The lowest BCUT2D eigenvalue weighted by Crippen LogP contribution is -2.29. The second-order valence-corrected chi connectivity index (χ2v) is 5.49. The zero-order valence-electron chi connectivity index (χ0n) is 10.8. The molecule has 0 bridgehead atoms. The summed E-state index contributed by atoms with van der Waals surface area (Å²) in [5.74, 6) is -1.27. The van der Waals surface area contributed by atoms with Crippen LogP contribution in [0.4, 0.5) is 0 Å². The molecule has 1 aromatic carbocycles. The van der Waals surface area contributed by atoms with Gasteiger partial charge in [0.2, 0.25) is 5.78 Å². The van der Waals surface area contributed by atoms with Gasteiger partial charge in [0, 0.05) is 11.4 Å². The van der Waals surface area contributed by atoms with E-state index in [9.17, 15) is 9.59 Å². The molecule has 0 saturated heterocycles. The molecule has 0 radical (unpaired) electrons. The fraction of sp³-hybridized carbons (Fsp3) is 0.429. The molecule has 0 amide bonds. The first-order valence-corrected chi connectivity index (χ1v) is 6.16. The summed E-state index contributed by atoms with van der Waals surface area (Å²) < 4.78 is 5.00. The summed E-state index contributed by atoms with van der Waals surface area (Å²) in [6.45, 7) is 5.20. The molecule has 1 aromatic rings. The minimum atomic E-state index is -0.767. The summed E-state index contributed by atoms with van der Waals surface area (Å²) in [6.07, 6.45) is 0.659. The molecule has 0 fully saturated rings. The summed E-state index contributed by atoms with van der Waals surface area (Å²) in [6, 6.07) is 7.19. The quantitative estimate of drug-likeness (QED) is 0.622. The molecular formula is C14H17ClO3. The zero-order valence-corrected chi connectivity index (χ0v) is 11.6. The second kappa shape index (κ2) is 6.01. The number of benzene rings is 1. The number of ketones is 1. The molecule has 0 heterocycles. The van der Waals surface area contributed by atoms with E-state index in [0.717, 1.165) is 5.56 Å². The number of carbonyl (C=O) groups is 2. The third-order valence-electron chi connectivity index (χ3n) is 2.18. The SMILES string of the molecule is CC(C)(C)OC(=O)C(=O)CCc1ccc(Cl)cc1. The lowest BCUT2D eigenvalue weighted by atomic mass is 10.1. The van der Waals surface area contributed by atoms with E-state index in [1.54, 1.807) is 32.9 Å². The molecule has 4 heteroatoms. The predicted molar refractivity (Wildman–Crippen MR) is 70.6 cm³/mol. The summed E-state index contributed by atoms with van der Waals surface area (Å²) in [5, 5.41) is 0.650. The monoisotopic (exact) mass is 268 g/mol. The third kappa shape index (κ3) is 5.32. The van der Waals surface area contributed by atoms with Gasteiger partial charge in [0.25, 0.3) is 0 Å². The first-order chi connectivity index (χ1) is 8.28. The summed E-state index contributed by atoms with van der Waals surface area (Å²) in [7, 11) is 0. The van der Waals surface area contributed by atoms with Crippen molar-refractivity contribution in [2.24, 2.45) is 0 Å². The van der Waals surface area contributed by atoms with Crippen LogP contribution in [0.3, 0.4) is 0 Å². The molecule has 0 aliphatic carbocycles. The molecule has 0 aliphatic rings. The van der Waals surface area contributed by atoms with Gasteiger partial charge in [-0.15, -0.1) is 0 Å². The van der Waals surface area contributed by atoms with Crippen molar-refractivity contribution in [3.63, 3.8) is 0 Å².